The molecule has 1 spiro atoms. The molecule has 6 rings (SSSR count). The number of pyridine rings is 1. The van der Waals surface area contributed by atoms with E-state index in [0.29, 0.717) is 25.0 Å². The van der Waals surface area contributed by atoms with Crippen molar-refractivity contribution in [1.29, 1.82) is 0 Å². The molecule has 2 bridgehead atoms. The van der Waals surface area contributed by atoms with Crippen LogP contribution >= 0.6 is 0 Å². The maximum Gasteiger partial charge on any atom is 0.274 e. The minimum absolute atomic E-state index is 0.0504. The summed E-state index contributed by atoms with van der Waals surface area (Å²) in [4.78, 5) is 48.5. The highest BCUT2D eigenvalue weighted by molar-refractivity contribution is 5.99. The largest absolute Gasteiger partial charge is 0.483 e. The average molecular weight is 627 g/mol. The number of hydroxylamine groups is 2. The predicted octanol–water partition coefficient (Wildman–Crippen LogP) is 3.92. The Morgan fingerprint density at radius 2 is 1.80 bits per heavy atom. The van der Waals surface area contributed by atoms with Gasteiger partial charge < -0.3 is 24.7 Å². The van der Waals surface area contributed by atoms with Crippen LogP contribution in [0, 0.1) is 23.4 Å². The minimum atomic E-state index is -1.15. The van der Waals surface area contributed by atoms with Gasteiger partial charge in [-0.25, -0.2) is 13.2 Å². The lowest BCUT2D eigenvalue weighted by Crippen LogP contribution is -2.54. The van der Waals surface area contributed by atoms with E-state index in [-0.39, 0.29) is 36.2 Å². The minimum Gasteiger partial charge on any atom is -0.483 e. The van der Waals surface area contributed by atoms with Crippen LogP contribution in [0.5, 0.6) is 5.75 Å². The predicted molar refractivity (Wildman–Crippen MR) is 154 cm³/mol. The van der Waals surface area contributed by atoms with E-state index in [1.807, 2.05) is 19.9 Å². The van der Waals surface area contributed by atoms with Crippen molar-refractivity contribution in [2.45, 2.75) is 63.8 Å². The van der Waals surface area contributed by atoms with E-state index < -0.39 is 70.6 Å². The Morgan fingerprint density at radius 3 is 2.44 bits per heavy atom. The molecule has 13 heteroatoms. The van der Waals surface area contributed by atoms with Gasteiger partial charge in [0.2, 0.25) is 5.43 Å². The molecular formula is C32H33F3N4O6. The number of nitrogens with two attached hydrogens (primary N) is 1. The van der Waals surface area contributed by atoms with E-state index >= 15 is 0 Å². The smallest absolute Gasteiger partial charge is 0.274 e. The topological polar surface area (TPSA) is 116 Å². The second-order valence-electron chi connectivity index (χ2n) is 11.8. The van der Waals surface area contributed by atoms with Crippen molar-refractivity contribution in [2.24, 2.45) is 11.7 Å². The van der Waals surface area contributed by atoms with Crippen molar-refractivity contribution in [3.63, 3.8) is 0 Å². The third-order valence-electron chi connectivity index (χ3n) is 9.33. The molecule has 3 aromatic rings. The summed E-state index contributed by atoms with van der Waals surface area (Å²) in [6.07, 6.45) is 1.33. The van der Waals surface area contributed by atoms with Crippen molar-refractivity contribution >= 4 is 11.8 Å². The second kappa shape index (κ2) is 11.6. The van der Waals surface area contributed by atoms with Crippen LogP contribution < -0.4 is 15.9 Å². The molecule has 5 atom stereocenters. The molecule has 10 nitrogen and oxygen atoms in total. The second-order valence-corrected chi connectivity index (χ2v) is 11.8. The van der Waals surface area contributed by atoms with Crippen molar-refractivity contribution in [1.82, 2.24) is 14.5 Å². The molecule has 0 aliphatic carbocycles. The van der Waals surface area contributed by atoms with Crippen molar-refractivity contribution in [3.05, 3.63) is 98.7 Å². The summed E-state index contributed by atoms with van der Waals surface area (Å²) in [6, 6.07) is 9.25. The Balaban J connectivity index is 1.49. The van der Waals surface area contributed by atoms with Crippen LogP contribution in [0.2, 0.25) is 0 Å². The van der Waals surface area contributed by atoms with Crippen LogP contribution in [-0.2, 0) is 22.7 Å². The number of ether oxygens (including phenoxy) is 2. The highest BCUT2D eigenvalue weighted by Crippen LogP contribution is 2.52. The first-order chi connectivity index (χ1) is 21.5. The van der Waals surface area contributed by atoms with Crippen LogP contribution in [0.1, 0.15) is 64.7 Å². The molecular weight excluding hydrogens is 593 g/mol. The lowest BCUT2D eigenvalue weighted by Gasteiger charge is -2.44. The van der Waals surface area contributed by atoms with Gasteiger partial charge in [0.05, 0.1) is 12.6 Å². The van der Waals surface area contributed by atoms with Gasteiger partial charge in [-0.2, -0.15) is 5.06 Å². The van der Waals surface area contributed by atoms with E-state index in [9.17, 15) is 27.6 Å². The number of halogens is 3. The standard InChI is InChI=1S/C32H33F3N4O6/c1-17-9-10-32(18(2)31(43-3)39(45-32)14-21-23(34)11-20(33)12-24(21)35)25-15-37(17)30(42)26-28(44-16-19-7-5-4-6-8-19)27(40)22(29(36)41)13-38(25)26/h4-8,11-13,17-18,25,31H,9-10,14-16H2,1-3H3,(H2,36,41)/t17-,18-,25+,31?,32-/m0/s1. The van der Waals surface area contributed by atoms with Gasteiger partial charge in [-0.05, 0) is 25.3 Å². The molecule has 2 saturated heterocycles. The molecule has 45 heavy (non-hydrogen) atoms. The number of hydrogen-bond donors (Lipinski definition) is 1. The SMILES string of the molecule is COC1[C@H](C)[C@]2(CC[C@H](C)N3C[C@H]2n2cc(C(N)=O)c(=O)c(OCc4ccccc4)c2C3=O)ON1Cc1c(F)cc(F)cc1F. The fraction of sp³-hybridized carbons (Fsp3) is 0.406. The zero-order valence-corrected chi connectivity index (χ0v) is 25.0. The molecule has 3 aliphatic heterocycles. The lowest BCUT2D eigenvalue weighted by atomic mass is 9.78. The average Bonchev–Trinajstić information content (AvgIpc) is 3.19. The number of aromatic nitrogens is 1. The van der Waals surface area contributed by atoms with Crippen LogP contribution in [0.4, 0.5) is 13.2 Å². The molecule has 2 fully saturated rings. The molecule has 2 N–H and O–H groups in total. The molecule has 0 saturated carbocycles. The van der Waals surface area contributed by atoms with Crippen LogP contribution in [-0.4, -0.2) is 57.9 Å². The van der Waals surface area contributed by atoms with Gasteiger partial charge in [-0.3, -0.25) is 19.2 Å². The van der Waals surface area contributed by atoms with Crippen LogP contribution in [0.15, 0.2) is 53.5 Å². The van der Waals surface area contributed by atoms with Gasteiger partial charge >= 0.3 is 0 Å². The van der Waals surface area contributed by atoms with E-state index in [2.05, 4.69) is 0 Å². The number of carbonyl (C=O) groups is 2. The van der Waals surface area contributed by atoms with E-state index in [1.54, 1.807) is 29.2 Å². The number of methoxy groups -OCH3 is 1. The first kappa shape index (κ1) is 30.8. The molecule has 1 aromatic heterocycles. The Hall–Kier alpha value is -4.20. The fourth-order valence-electron chi connectivity index (χ4n) is 6.93. The number of benzene rings is 2. The summed E-state index contributed by atoms with van der Waals surface area (Å²) in [7, 11) is 1.44. The van der Waals surface area contributed by atoms with Crippen LogP contribution in [0.3, 0.4) is 0 Å². The molecule has 0 radical (unpaired) electrons. The Bertz CT molecular complexity index is 1700. The van der Waals surface area contributed by atoms with Crippen molar-refractivity contribution in [3.8, 4) is 5.75 Å². The van der Waals surface area contributed by atoms with Crippen molar-refractivity contribution < 1.29 is 37.1 Å². The van der Waals surface area contributed by atoms with E-state index in [0.717, 1.165) is 5.56 Å². The zero-order chi connectivity index (χ0) is 32.2. The first-order valence-corrected chi connectivity index (χ1v) is 14.7. The normalized spacial score (nSPS) is 26.2. The molecule has 1 unspecified atom stereocenters. The third-order valence-corrected chi connectivity index (χ3v) is 9.33. The van der Waals surface area contributed by atoms with E-state index in [1.165, 1.54) is 22.9 Å². The van der Waals surface area contributed by atoms with Crippen molar-refractivity contribution in [2.75, 3.05) is 13.7 Å². The van der Waals surface area contributed by atoms with Gasteiger partial charge in [-0.1, -0.05) is 37.3 Å². The molecule has 4 heterocycles. The fourth-order valence-corrected chi connectivity index (χ4v) is 6.93. The number of rotatable bonds is 7. The van der Waals surface area contributed by atoms with Gasteiger partial charge in [0.1, 0.15) is 41.5 Å². The summed E-state index contributed by atoms with van der Waals surface area (Å²) in [5.74, 6) is -5.40. The number of fused-ring (bicyclic) bond motifs is 5. The number of carbonyl (C=O) groups excluding carboxylic acids is 2. The maximum atomic E-state index is 14.7. The monoisotopic (exact) mass is 626 g/mol. The Morgan fingerprint density at radius 1 is 1.11 bits per heavy atom. The Labute approximate surface area is 257 Å². The summed E-state index contributed by atoms with van der Waals surface area (Å²) >= 11 is 0. The zero-order valence-electron chi connectivity index (χ0n) is 25.0. The number of amides is 2. The van der Waals surface area contributed by atoms with Gasteiger partial charge in [0, 0.05) is 49.5 Å². The first-order valence-electron chi connectivity index (χ1n) is 14.7. The molecule has 2 aromatic carbocycles. The summed E-state index contributed by atoms with van der Waals surface area (Å²) in [6.45, 7) is 3.44. The molecule has 3 aliphatic rings. The quantitative estimate of drug-likeness (QED) is 0.423. The molecule has 2 amide bonds. The number of hydrogen-bond acceptors (Lipinski definition) is 7. The third kappa shape index (κ3) is 5.08. The summed E-state index contributed by atoms with van der Waals surface area (Å²) < 4.78 is 56.5. The highest BCUT2D eigenvalue weighted by Gasteiger charge is 2.61. The maximum absolute atomic E-state index is 14.7. The number of primary amides is 1. The number of nitrogens with zero attached hydrogens (tertiary/aromatic N) is 3. The Kier molecular flexibility index (Phi) is 7.96. The van der Waals surface area contributed by atoms with Crippen LogP contribution in [0.25, 0.3) is 0 Å². The molecule has 238 valence electrons. The van der Waals surface area contributed by atoms with Gasteiger partial charge in [0.25, 0.3) is 11.8 Å². The van der Waals surface area contributed by atoms with Gasteiger partial charge in [0.15, 0.2) is 11.4 Å². The summed E-state index contributed by atoms with van der Waals surface area (Å²) in [5.41, 5.74) is 3.61. The highest BCUT2D eigenvalue weighted by atomic mass is 19.1. The summed E-state index contributed by atoms with van der Waals surface area (Å²) in [5, 5.41) is 1.32. The van der Waals surface area contributed by atoms with E-state index in [4.69, 9.17) is 20.0 Å². The van der Waals surface area contributed by atoms with Gasteiger partial charge in [-0.15, -0.1) is 0 Å². The lowest BCUT2D eigenvalue weighted by molar-refractivity contribution is -0.253.